The van der Waals surface area contributed by atoms with Crippen LogP contribution in [0, 0.1) is 31.4 Å². The topological polar surface area (TPSA) is 136 Å². The van der Waals surface area contributed by atoms with Crippen LogP contribution in [0.2, 0.25) is 0 Å². The van der Waals surface area contributed by atoms with Gasteiger partial charge in [-0.05, 0) is 51.3 Å². The molecule has 0 spiro atoms. The summed E-state index contributed by atoms with van der Waals surface area (Å²) in [6.45, 7) is 7.19. The molecule has 41 heavy (non-hydrogen) atoms. The molecule has 5 rings (SSSR count). The minimum atomic E-state index is -1.17. The SMILES string of the molecule is CCC(O)(CC)[C@H]1C[C@@H](Nc2nc(NCc3c(F)cccc3F)nc(C)c2-c2nc3c(C)nccc3s2)[C@H](O)[C@@H]1O. The molecule has 3 heterocycles. The molecule has 0 saturated heterocycles. The number of aliphatic hydroxyl groups is 3. The van der Waals surface area contributed by atoms with Gasteiger partial charge in [0, 0.05) is 24.2 Å². The molecule has 1 aromatic carbocycles. The van der Waals surface area contributed by atoms with Crippen LogP contribution in [0.3, 0.4) is 0 Å². The molecule has 4 atom stereocenters. The molecule has 1 aliphatic carbocycles. The van der Waals surface area contributed by atoms with Crippen LogP contribution in [0.5, 0.6) is 0 Å². The van der Waals surface area contributed by atoms with E-state index in [9.17, 15) is 24.1 Å². The van der Waals surface area contributed by atoms with Crippen molar-refractivity contribution in [3.05, 3.63) is 59.0 Å². The summed E-state index contributed by atoms with van der Waals surface area (Å²) >= 11 is 1.44. The van der Waals surface area contributed by atoms with Gasteiger partial charge in [0.1, 0.15) is 34.1 Å². The zero-order chi connectivity index (χ0) is 29.5. The predicted molar refractivity (Wildman–Crippen MR) is 155 cm³/mol. The molecule has 1 saturated carbocycles. The molecule has 0 amide bonds. The average molecular weight is 585 g/mol. The van der Waals surface area contributed by atoms with E-state index in [0.29, 0.717) is 41.3 Å². The zero-order valence-electron chi connectivity index (χ0n) is 23.3. The number of rotatable bonds is 9. The number of aromatic nitrogens is 4. The highest BCUT2D eigenvalue weighted by Gasteiger charge is 2.50. The minimum Gasteiger partial charge on any atom is -0.390 e. The summed E-state index contributed by atoms with van der Waals surface area (Å²) in [5, 5.41) is 39.9. The second kappa shape index (κ2) is 11.5. The Bertz CT molecular complexity index is 1540. The molecule has 0 unspecified atom stereocenters. The van der Waals surface area contributed by atoms with Crippen LogP contribution >= 0.6 is 11.3 Å². The molecule has 218 valence electrons. The summed E-state index contributed by atoms with van der Waals surface area (Å²) in [4.78, 5) is 18.3. The first kappa shape index (κ1) is 29.2. The number of aliphatic hydroxyl groups excluding tert-OH is 2. The second-order valence-electron chi connectivity index (χ2n) is 10.6. The molecule has 0 bridgehead atoms. The van der Waals surface area contributed by atoms with E-state index in [1.807, 2.05) is 26.8 Å². The summed E-state index contributed by atoms with van der Waals surface area (Å²) in [6, 6.07) is 4.91. The number of thiazole rings is 1. The number of benzene rings is 1. The van der Waals surface area contributed by atoms with Crippen molar-refractivity contribution in [3.8, 4) is 10.6 Å². The molecule has 5 N–H and O–H groups in total. The number of nitrogens with one attached hydrogen (secondary N) is 2. The van der Waals surface area contributed by atoms with E-state index >= 15 is 0 Å². The molecule has 12 heteroatoms. The van der Waals surface area contributed by atoms with Gasteiger partial charge in [-0.25, -0.2) is 18.7 Å². The standard InChI is InChI=1S/C29H34F2N6O3S/c1-5-29(40,6-2)17-12-20(25(39)24(17)38)35-26-22(27-36-23-15(4)32-11-10-21(23)41-27)14(3)34-28(37-26)33-13-16-18(30)8-7-9-19(16)31/h7-11,17,20,24-25,38-40H,5-6,12-13H2,1-4H3,(H2,33,34,35,37)/t17-,20+,24+,25-/m0/s1. The Balaban J connectivity index is 1.54. The summed E-state index contributed by atoms with van der Waals surface area (Å²) in [6.07, 6.45) is 0.579. The first-order valence-electron chi connectivity index (χ1n) is 13.7. The molecule has 0 radical (unpaired) electrons. The Morgan fingerprint density at radius 2 is 1.71 bits per heavy atom. The first-order valence-corrected chi connectivity index (χ1v) is 14.5. The van der Waals surface area contributed by atoms with Gasteiger partial charge in [-0.2, -0.15) is 4.98 Å². The monoisotopic (exact) mass is 584 g/mol. The van der Waals surface area contributed by atoms with Crippen molar-refractivity contribution in [3.63, 3.8) is 0 Å². The maximum atomic E-state index is 14.3. The van der Waals surface area contributed by atoms with Crippen molar-refractivity contribution in [1.82, 2.24) is 19.9 Å². The lowest BCUT2D eigenvalue weighted by Gasteiger charge is -2.34. The average Bonchev–Trinajstić information content (AvgIpc) is 3.50. The third kappa shape index (κ3) is 5.49. The van der Waals surface area contributed by atoms with Gasteiger partial charge in [0.2, 0.25) is 5.95 Å². The van der Waals surface area contributed by atoms with Crippen molar-refractivity contribution in [2.45, 2.75) is 77.4 Å². The van der Waals surface area contributed by atoms with Gasteiger partial charge in [0.15, 0.2) is 0 Å². The van der Waals surface area contributed by atoms with Crippen LogP contribution in [0.25, 0.3) is 20.8 Å². The van der Waals surface area contributed by atoms with Crippen LogP contribution in [0.15, 0.2) is 30.5 Å². The normalized spacial score (nSPS) is 21.0. The fourth-order valence-corrected chi connectivity index (χ4v) is 6.74. The largest absolute Gasteiger partial charge is 0.390 e. The molecular weight excluding hydrogens is 550 g/mol. The number of halogens is 2. The third-order valence-corrected chi connectivity index (χ3v) is 9.24. The number of aryl methyl sites for hydroxylation is 2. The second-order valence-corrected chi connectivity index (χ2v) is 11.6. The van der Waals surface area contributed by atoms with Gasteiger partial charge >= 0.3 is 0 Å². The fraction of sp³-hybridized carbons (Fsp3) is 0.448. The summed E-state index contributed by atoms with van der Waals surface area (Å²) in [7, 11) is 0. The van der Waals surface area contributed by atoms with Crippen molar-refractivity contribution in [2.75, 3.05) is 10.6 Å². The van der Waals surface area contributed by atoms with E-state index in [1.165, 1.54) is 29.5 Å². The van der Waals surface area contributed by atoms with E-state index < -0.39 is 41.4 Å². The highest BCUT2D eigenvalue weighted by Crippen LogP contribution is 2.42. The van der Waals surface area contributed by atoms with E-state index in [0.717, 1.165) is 15.9 Å². The lowest BCUT2D eigenvalue weighted by molar-refractivity contribution is -0.0843. The zero-order valence-corrected chi connectivity index (χ0v) is 24.1. The van der Waals surface area contributed by atoms with Gasteiger partial charge in [-0.1, -0.05) is 19.9 Å². The van der Waals surface area contributed by atoms with Crippen LogP contribution in [0.1, 0.15) is 50.1 Å². The summed E-state index contributed by atoms with van der Waals surface area (Å²) in [5.41, 5.74) is 1.40. The van der Waals surface area contributed by atoms with E-state index in [-0.39, 0.29) is 18.1 Å². The van der Waals surface area contributed by atoms with Crippen molar-refractivity contribution >= 4 is 33.3 Å². The van der Waals surface area contributed by atoms with Gasteiger partial charge in [-0.3, -0.25) is 4.98 Å². The Morgan fingerprint density at radius 1 is 1.00 bits per heavy atom. The Kier molecular flexibility index (Phi) is 8.20. The maximum absolute atomic E-state index is 14.3. The Hall–Kier alpha value is -3.32. The van der Waals surface area contributed by atoms with Crippen LogP contribution in [0.4, 0.5) is 20.5 Å². The first-order chi connectivity index (χ1) is 19.6. The van der Waals surface area contributed by atoms with Crippen molar-refractivity contribution < 1.29 is 24.1 Å². The van der Waals surface area contributed by atoms with Gasteiger partial charge in [0.05, 0.1) is 39.4 Å². The van der Waals surface area contributed by atoms with Crippen LogP contribution in [-0.2, 0) is 6.54 Å². The quantitative estimate of drug-likeness (QED) is 0.189. The summed E-state index contributed by atoms with van der Waals surface area (Å²) < 4.78 is 29.4. The van der Waals surface area contributed by atoms with Crippen LogP contribution in [-0.4, -0.2) is 59.1 Å². The molecule has 1 fully saturated rings. The highest BCUT2D eigenvalue weighted by molar-refractivity contribution is 7.21. The third-order valence-electron chi connectivity index (χ3n) is 8.20. The van der Waals surface area contributed by atoms with E-state index in [1.54, 1.807) is 13.1 Å². The number of anilines is 2. The number of hydrogen-bond acceptors (Lipinski definition) is 10. The highest BCUT2D eigenvalue weighted by atomic mass is 32.1. The number of nitrogens with zero attached hydrogens (tertiary/aromatic N) is 4. The molecule has 9 nitrogen and oxygen atoms in total. The number of fused-ring (bicyclic) bond motifs is 1. The molecule has 4 aromatic rings. The molecular formula is C29H34F2N6O3S. The Labute approximate surface area is 240 Å². The van der Waals surface area contributed by atoms with Crippen LogP contribution < -0.4 is 10.6 Å². The smallest absolute Gasteiger partial charge is 0.225 e. The number of hydrogen-bond donors (Lipinski definition) is 5. The Morgan fingerprint density at radius 3 is 2.37 bits per heavy atom. The molecule has 1 aliphatic rings. The lowest BCUT2D eigenvalue weighted by atomic mass is 9.80. The van der Waals surface area contributed by atoms with Gasteiger partial charge in [0.25, 0.3) is 0 Å². The van der Waals surface area contributed by atoms with Crippen molar-refractivity contribution in [2.24, 2.45) is 5.92 Å². The van der Waals surface area contributed by atoms with E-state index in [4.69, 9.17) is 4.98 Å². The number of pyridine rings is 1. The fourth-order valence-electron chi connectivity index (χ4n) is 5.63. The maximum Gasteiger partial charge on any atom is 0.225 e. The van der Waals surface area contributed by atoms with Crippen molar-refractivity contribution in [1.29, 1.82) is 0 Å². The molecule has 0 aliphatic heterocycles. The molecule has 3 aromatic heterocycles. The predicted octanol–water partition coefficient (Wildman–Crippen LogP) is 4.73. The van der Waals surface area contributed by atoms with E-state index in [2.05, 4.69) is 25.6 Å². The minimum absolute atomic E-state index is 0.124. The summed E-state index contributed by atoms with van der Waals surface area (Å²) in [5.74, 6) is -1.45. The lowest BCUT2D eigenvalue weighted by Crippen LogP contribution is -2.43. The van der Waals surface area contributed by atoms with Gasteiger partial charge < -0.3 is 26.0 Å². The van der Waals surface area contributed by atoms with Gasteiger partial charge in [-0.15, -0.1) is 11.3 Å².